The summed E-state index contributed by atoms with van der Waals surface area (Å²) in [6.45, 7) is 10.2. The summed E-state index contributed by atoms with van der Waals surface area (Å²) < 4.78 is 6.38. The molecule has 28 heavy (non-hydrogen) atoms. The number of likely N-dealkylation sites (tertiary alicyclic amines) is 1. The molecule has 2 aliphatic rings. The number of nitrogens with one attached hydrogen (secondary N) is 2. The zero-order valence-corrected chi connectivity index (χ0v) is 17.4. The highest BCUT2D eigenvalue weighted by Gasteiger charge is 2.37. The van der Waals surface area contributed by atoms with Crippen molar-refractivity contribution in [3.05, 3.63) is 30.6 Å². The molecule has 6 nitrogen and oxygen atoms in total. The van der Waals surface area contributed by atoms with Gasteiger partial charge in [-0.05, 0) is 56.4 Å². The zero-order valence-electron chi connectivity index (χ0n) is 17.4. The van der Waals surface area contributed by atoms with Crippen LogP contribution in [-0.4, -0.2) is 53.0 Å². The van der Waals surface area contributed by atoms with Crippen molar-refractivity contribution in [1.29, 1.82) is 0 Å². The molecule has 156 valence electrons. The number of aromatic amines is 1. The molecule has 1 aromatic rings. The van der Waals surface area contributed by atoms with E-state index in [0.717, 1.165) is 49.8 Å². The fourth-order valence-electron chi connectivity index (χ4n) is 4.76. The third kappa shape index (κ3) is 5.16. The molecular formula is C22H36N4O2. The lowest BCUT2D eigenvalue weighted by Gasteiger charge is -2.41. The van der Waals surface area contributed by atoms with Crippen LogP contribution in [0.4, 0.5) is 4.79 Å². The Morgan fingerprint density at radius 3 is 2.82 bits per heavy atom. The number of aromatic nitrogens is 2. The topological polar surface area (TPSA) is 70.2 Å². The third-order valence-corrected chi connectivity index (χ3v) is 6.50. The predicted molar refractivity (Wildman–Crippen MR) is 111 cm³/mol. The highest BCUT2D eigenvalue weighted by atomic mass is 16.5. The van der Waals surface area contributed by atoms with Crippen LogP contribution in [0.2, 0.25) is 0 Å². The van der Waals surface area contributed by atoms with Gasteiger partial charge in [0.1, 0.15) is 0 Å². The second-order valence-corrected chi connectivity index (χ2v) is 8.60. The van der Waals surface area contributed by atoms with Crippen molar-refractivity contribution in [2.75, 3.05) is 19.7 Å². The van der Waals surface area contributed by atoms with Gasteiger partial charge in [-0.2, -0.15) is 5.10 Å². The van der Waals surface area contributed by atoms with Crippen LogP contribution in [0.5, 0.6) is 0 Å². The van der Waals surface area contributed by atoms with Crippen molar-refractivity contribution in [3.63, 3.8) is 0 Å². The number of hydrogen-bond acceptors (Lipinski definition) is 3. The quantitative estimate of drug-likeness (QED) is 0.691. The van der Waals surface area contributed by atoms with Crippen molar-refractivity contribution in [2.45, 2.75) is 70.4 Å². The number of hydrogen-bond donors (Lipinski definition) is 2. The van der Waals surface area contributed by atoms with E-state index in [1.54, 1.807) is 6.08 Å². The van der Waals surface area contributed by atoms with Crippen LogP contribution >= 0.6 is 0 Å². The van der Waals surface area contributed by atoms with Gasteiger partial charge in [-0.1, -0.05) is 19.9 Å². The van der Waals surface area contributed by atoms with E-state index >= 15 is 0 Å². The van der Waals surface area contributed by atoms with Crippen LogP contribution in [-0.2, 0) is 4.74 Å². The Morgan fingerprint density at radius 1 is 1.39 bits per heavy atom. The van der Waals surface area contributed by atoms with Crippen LogP contribution in [0.3, 0.4) is 0 Å². The van der Waals surface area contributed by atoms with Gasteiger partial charge in [0.2, 0.25) is 0 Å². The molecule has 0 radical (unpaired) electrons. The Kier molecular flexibility index (Phi) is 7.54. The minimum atomic E-state index is -0.0303. The van der Waals surface area contributed by atoms with E-state index in [9.17, 15) is 4.79 Å². The summed E-state index contributed by atoms with van der Waals surface area (Å²) in [7, 11) is 0. The normalized spacial score (nSPS) is 28.3. The van der Waals surface area contributed by atoms with Gasteiger partial charge in [0.25, 0.3) is 0 Å². The SMILES string of the molecule is C=CCNC(=O)N1CCC[C@H](c2cc[nH]n2)[C@@H]1CO[C@H]1CC[C@@H](C(C)C)CC1. The fraction of sp³-hybridized carbons (Fsp3) is 0.727. The number of piperidine rings is 1. The zero-order chi connectivity index (χ0) is 19.9. The summed E-state index contributed by atoms with van der Waals surface area (Å²) >= 11 is 0. The van der Waals surface area contributed by atoms with E-state index in [2.05, 4.69) is 35.9 Å². The van der Waals surface area contributed by atoms with Gasteiger partial charge >= 0.3 is 6.03 Å². The Balaban J connectivity index is 1.64. The number of H-pyrrole nitrogens is 1. The van der Waals surface area contributed by atoms with Crippen molar-refractivity contribution < 1.29 is 9.53 Å². The molecule has 1 aromatic heterocycles. The maximum atomic E-state index is 12.7. The molecule has 2 fully saturated rings. The molecule has 2 amide bonds. The molecule has 2 N–H and O–H groups in total. The maximum Gasteiger partial charge on any atom is 0.317 e. The Morgan fingerprint density at radius 2 is 2.18 bits per heavy atom. The molecule has 2 heterocycles. The summed E-state index contributed by atoms with van der Waals surface area (Å²) in [6, 6.07) is 2.01. The highest BCUT2D eigenvalue weighted by Crippen LogP contribution is 2.34. The van der Waals surface area contributed by atoms with Gasteiger partial charge in [-0.15, -0.1) is 6.58 Å². The van der Waals surface area contributed by atoms with Crippen LogP contribution in [0, 0.1) is 11.8 Å². The number of nitrogens with zero attached hydrogens (tertiary/aromatic N) is 2. The van der Waals surface area contributed by atoms with Gasteiger partial charge in [-0.25, -0.2) is 4.79 Å². The van der Waals surface area contributed by atoms with Gasteiger partial charge < -0.3 is 15.0 Å². The number of rotatable bonds is 7. The van der Waals surface area contributed by atoms with E-state index in [1.807, 2.05) is 17.2 Å². The van der Waals surface area contributed by atoms with Crippen molar-refractivity contribution in [3.8, 4) is 0 Å². The largest absolute Gasteiger partial charge is 0.376 e. The Hall–Kier alpha value is -1.82. The van der Waals surface area contributed by atoms with Crippen molar-refractivity contribution in [2.24, 2.45) is 11.8 Å². The predicted octanol–water partition coefficient (Wildman–Crippen LogP) is 4.08. The number of amides is 2. The van der Waals surface area contributed by atoms with E-state index in [1.165, 1.54) is 12.8 Å². The first kappa shape index (κ1) is 20.9. The average molecular weight is 389 g/mol. The summed E-state index contributed by atoms with van der Waals surface area (Å²) in [5, 5.41) is 10.3. The molecule has 1 aliphatic heterocycles. The number of ether oxygens (including phenoxy) is 1. The molecule has 0 aromatic carbocycles. The molecule has 1 saturated carbocycles. The van der Waals surface area contributed by atoms with E-state index in [0.29, 0.717) is 19.3 Å². The average Bonchev–Trinajstić information content (AvgIpc) is 3.25. The second kappa shape index (κ2) is 10.1. The molecular weight excluding hydrogens is 352 g/mol. The summed E-state index contributed by atoms with van der Waals surface area (Å²) in [4.78, 5) is 14.7. The molecule has 0 spiro atoms. The number of carbonyl (C=O) groups is 1. The van der Waals surface area contributed by atoms with E-state index in [4.69, 9.17) is 4.74 Å². The molecule has 1 aliphatic carbocycles. The van der Waals surface area contributed by atoms with Crippen molar-refractivity contribution in [1.82, 2.24) is 20.4 Å². The van der Waals surface area contributed by atoms with Crippen LogP contribution in [0.1, 0.15) is 64.0 Å². The van der Waals surface area contributed by atoms with E-state index in [-0.39, 0.29) is 18.0 Å². The highest BCUT2D eigenvalue weighted by molar-refractivity contribution is 5.75. The van der Waals surface area contributed by atoms with Crippen LogP contribution in [0.15, 0.2) is 24.9 Å². The molecule has 2 atom stereocenters. The number of carbonyl (C=O) groups excluding carboxylic acids is 1. The first-order chi connectivity index (χ1) is 13.6. The fourth-order valence-corrected chi connectivity index (χ4v) is 4.76. The molecule has 3 rings (SSSR count). The molecule has 0 unspecified atom stereocenters. The smallest absolute Gasteiger partial charge is 0.317 e. The van der Waals surface area contributed by atoms with E-state index < -0.39 is 0 Å². The summed E-state index contributed by atoms with van der Waals surface area (Å²) in [6.07, 6.45) is 10.7. The monoisotopic (exact) mass is 388 g/mol. The van der Waals surface area contributed by atoms with Gasteiger partial charge in [0.15, 0.2) is 0 Å². The number of urea groups is 1. The van der Waals surface area contributed by atoms with Crippen molar-refractivity contribution >= 4 is 6.03 Å². The molecule has 6 heteroatoms. The summed E-state index contributed by atoms with van der Waals surface area (Å²) in [5.74, 6) is 1.79. The van der Waals surface area contributed by atoms with Gasteiger partial charge in [-0.3, -0.25) is 5.10 Å². The first-order valence-corrected chi connectivity index (χ1v) is 10.9. The maximum absolute atomic E-state index is 12.7. The summed E-state index contributed by atoms with van der Waals surface area (Å²) in [5.41, 5.74) is 1.03. The standard InChI is InChI=1S/C22H36N4O2/c1-4-12-23-22(27)26-14-5-6-19(20-11-13-24-25-20)21(26)15-28-18-9-7-17(8-10-18)16(2)3/h4,11,13,16-19,21H,1,5-10,12,14-15H2,2-3H3,(H,23,27)(H,24,25)/t17-,18+,19-,21+/m1/s1. The third-order valence-electron chi connectivity index (χ3n) is 6.50. The second-order valence-electron chi connectivity index (χ2n) is 8.60. The minimum absolute atomic E-state index is 0.0182. The van der Waals surface area contributed by atoms with Gasteiger partial charge in [0, 0.05) is 25.2 Å². The van der Waals surface area contributed by atoms with Crippen LogP contribution in [0.25, 0.3) is 0 Å². The lowest BCUT2D eigenvalue weighted by Crippen LogP contribution is -2.53. The Bertz CT molecular complexity index is 608. The lowest BCUT2D eigenvalue weighted by molar-refractivity contribution is -0.0238. The molecule has 1 saturated heterocycles. The molecule has 0 bridgehead atoms. The first-order valence-electron chi connectivity index (χ1n) is 10.9. The van der Waals surface area contributed by atoms with Gasteiger partial charge in [0.05, 0.1) is 24.4 Å². The minimum Gasteiger partial charge on any atom is -0.376 e. The Labute approximate surface area is 169 Å². The van der Waals surface area contributed by atoms with Crippen LogP contribution < -0.4 is 5.32 Å². The lowest BCUT2D eigenvalue weighted by atomic mass is 9.80.